The van der Waals surface area contributed by atoms with Crippen LogP contribution < -0.4 is 0 Å². The molecule has 0 fully saturated rings. The Bertz CT molecular complexity index is 252. The van der Waals surface area contributed by atoms with Crippen molar-refractivity contribution < 1.29 is 21.7 Å². The maximum Gasteiger partial charge on any atom is 0.268 e. The summed E-state index contributed by atoms with van der Waals surface area (Å²) in [7, 11) is -3.99. The highest BCUT2D eigenvalue weighted by atomic mass is 32.2. The molecule has 0 aromatic heterocycles. The topological polar surface area (TPSA) is 91.7 Å². The molecule has 0 aromatic rings. The fraction of sp³-hybridized carbons (Fsp3) is 0.500. The molecule has 0 spiro atoms. The van der Waals surface area contributed by atoms with Crippen molar-refractivity contribution in [3.8, 4) is 0 Å². The zero-order chi connectivity index (χ0) is 8.91. The Labute approximate surface area is 67.2 Å². The second kappa shape index (κ2) is 4.60. The van der Waals surface area contributed by atoms with E-state index >= 15 is 0 Å². The molecule has 1 unspecified atom stereocenters. The third-order valence-corrected chi connectivity index (χ3v) is 1.80. The molecule has 66 valence electrons. The van der Waals surface area contributed by atoms with Crippen LogP contribution in [-0.4, -0.2) is 33.2 Å². The van der Waals surface area contributed by atoms with E-state index in [1.54, 1.807) is 0 Å². The Balaban J connectivity index is 3.71. The van der Waals surface area contributed by atoms with Gasteiger partial charge in [0, 0.05) is 0 Å². The van der Waals surface area contributed by atoms with Crippen molar-refractivity contribution in [1.82, 2.24) is 0 Å². The molecule has 0 saturated carbocycles. The van der Waals surface area contributed by atoms with E-state index in [2.05, 4.69) is 0 Å². The van der Waals surface area contributed by atoms with E-state index < -0.39 is 27.0 Å². The molecule has 0 aliphatic heterocycles. The number of hydrogen-bond acceptors (Lipinski definition) is 3. The van der Waals surface area contributed by atoms with Gasteiger partial charge in [-0.15, -0.1) is 0 Å². The van der Waals surface area contributed by atoms with Gasteiger partial charge in [0.25, 0.3) is 10.1 Å². The molecule has 0 rings (SSSR count). The smallest absolute Gasteiger partial charge is 0.268 e. The van der Waals surface area contributed by atoms with Gasteiger partial charge in [-0.3, -0.25) is 4.55 Å². The van der Waals surface area contributed by atoms with Crippen LogP contribution in [0.2, 0.25) is 0 Å². The molecule has 0 heterocycles. The van der Waals surface area contributed by atoms with Gasteiger partial charge in [-0.05, 0) is 0 Å². The van der Waals surface area contributed by atoms with Gasteiger partial charge < -0.3 is 4.55 Å². The van der Waals surface area contributed by atoms with Crippen molar-refractivity contribution in [2.45, 2.75) is 0 Å². The molecular weight excluding hydrogens is 192 g/mol. The highest BCUT2D eigenvalue weighted by molar-refractivity contribution is 7.85. The normalized spacial score (nSPS) is 15.5. The Kier molecular flexibility index (Phi) is 4.50. The molecule has 11 heavy (non-hydrogen) atoms. The van der Waals surface area contributed by atoms with Crippen molar-refractivity contribution in [3.63, 3.8) is 0 Å². The predicted molar refractivity (Wildman–Crippen MR) is 41.2 cm³/mol. The summed E-state index contributed by atoms with van der Waals surface area (Å²) in [6.07, 6.45) is 2.33. The first-order valence-electron chi connectivity index (χ1n) is 2.59. The van der Waals surface area contributed by atoms with Gasteiger partial charge >= 0.3 is 0 Å². The van der Waals surface area contributed by atoms with Crippen LogP contribution in [0.4, 0.5) is 0 Å². The summed E-state index contributed by atoms with van der Waals surface area (Å²) >= 11 is -1.96. The molecule has 1 atom stereocenters. The standard InChI is InChI=1S/C4H8O5S2/c5-10(6)3-1-2-4-11(7,8)9/h1-2H,3-4H2,(H,5,6)(H,7,8,9)/b2-1+. The van der Waals surface area contributed by atoms with Crippen LogP contribution in [0.1, 0.15) is 0 Å². The van der Waals surface area contributed by atoms with Crippen LogP contribution in [0.25, 0.3) is 0 Å². The van der Waals surface area contributed by atoms with Crippen molar-refractivity contribution in [3.05, 3.63) is 12.2 Å². The minimum atomic E-state index is -3.99. The lowest BCUT2D eigenvalue weighted by molar-refractivity contribution is 0.486. The Morgan fingerprint density at radius 1 is 1.36 bits per heavy atom. The molecule has 0 bridgehead atoms. The number of rotatable bonds is 4. The van der Waals surface area contributed by atoms with Gasteiger partial charge in [0.1, 0.15) is 0 Å². The van der Waals surface area contributed by atoms with Crippen molar-refractivity contribution in [2.75, 3.05) is 11.5 Å². The average molecular weight is 200 g/mol. The first-order valence-corrected chi connectivity index (χ1v) is 5.48. The van der Waals surface area contributed by atoms with Gasteiger partial charge in [0.15, 0.2) is 11.1 Å². The van der Waals surface area contributed by atoms with Crippen LogP contribution in [0.5, 0.6) is 0 Å². The van der Waals surface area contributed by atoms with Gasteiger partial charge in [0.2, 0.25) is 0 Å². The van der Waals surface area contributed by atoms with Gasteiger partial charge in [0.05, 0.1) is 11.5 Å². The van der Waals surface area contributed by atoms with Crippen molar-refractivity contribution in [2.24, 2.45) is 0 Å². The lowest BCUT2D eigenvalue weighted by atomic mass is 10.6. The second-order valence-corrected chi connectivity index (χ2v) is 4.18. The fourth-order valence-corrected chi connectivity index (χ4v) is 1.02. The highest BCUT2D eigenvalue weighted by Gasteiger charge is 1.98. The fourth-order valence-electron chi connectivity index (χ4n) is 0.340. The lowest BCUT2D eigenvalue weighted by Gasteiger charge is -1.87. The third kappa shape index (κ3) is 9.76. The van der Waals surface area contributed by atoms with E-state index in [0.29, 0.717) is 0 Å². The molecule has 0 aliphatic carbocycles. The van der Waals surface area contributed by atoms with Crippen LogP contribution >= 0.6 is 0 Å². The van der Waals surface area contributed by atoms with Gasteiger partial charge in [-0.2, -0.15) is 8.42 Å². The molecule has 0 aromatic carbocycles. The van der Waals surface area contributed by atoms with Crippen molar-refractivity contribution in [1.29, 1.82) is 0 Å². The lowest BCUT2D eigenvalue weighted by Crippen LogP contribution is -2.01. The summed E-state index contributed by atoms with van der Waals surface area (Å²) in [4.78, 5) is 0. The summed E-state index contributed by atoms with van der Waals surface area (Å²) in [6, 6.07) is 0. The highest BCUT2D eigenvalue weighted by Crippen LogP contribution is 1.84. The molecule has 0 radical (unpaired) electrons. The van der Waals surface area contributed by atoms with E-state index in [4.69, 9.17) is 9.11 Å². The Morgan fingerprint density at radius 3 is 2.27 bits per heavy atom. The zero-order valence-corrected chi connectivity index (χ0v) is 7.14. The molecule has 2 N–H and O–H groups in total. The Hall–Kier alpha value is -0.240. The van der Waals surface area contributed by atoms with Gasteiger partial charge in [-0.25, -0.2) is 4.21 Å². The summed E-state index contributed by atoms with van der Waals surface area (Å²) in [5.41, 5.74) is 0. The predicted octanol–water partition coefficient (Wildman–Crippen LogP) is -0.348. The maximum absolute atomic E-state index is 10.0. The third-order valence-electron chi connectivity index (χ3n) is 0.712. The molecule has 7 heteroatoms. The van der Waals surface area contributed by atoms with Crippen LogP contribution in [-0.2, 0) is 21.2 Å². The largest absolute Gasteiger partial charge is 0.306 e. The van der Waals surface area contributed by atoms with E-state index in [0.717, 1.165) is 6.08 Å². The van der Waals surface area contributed by atoms with Crippen LogP contribution in [0, 0.1) is 0 Å². The molecule has 0 aliphatic rings. The summed E-state index contributed by atoms with van der Waals surface area (Å²) in [5, 5.41) is 0. The monoisotopic (exact) mass is 200 g/mol. The second-order valence-electron chi connectivity index (χ2n) is 1.71. The van der Waals surface area contributed by atoms with E-state index in [9.17, 15) is 12.6 Å². The van der Waals surface area contributed by atoms with Crippen molar-refractivity contribution >= 4 is 21.2 Å². The summed E-state index contributed by atoms with van der Waals surface area (Å²) in [5.74, 6) is -0.653. The zero-order valence-electron chi connectivity index (χ0n) is 5.50. The summed E-state index contributed by atoms with van der Waals surface area (Å²) in [6.45, 7) is 0. The Morgan fingerprint density at radius 2 is 1.91 bits per heavy atom. The van der Waals surface area contributed by atoms with Crippen LogP contribution in [0.3, 0.4) is 0 Å². The molecule has 0 amide bonds. The first-order chi connectivity index (χ1) is 4.92. The number of hydrogen-bond donors (Lipinski definition) is 2. The first kappa shape index (κ1) is 10.8. The molecule has 5 nitrogen and oxygen atoms in total. The quantitative estimate of drug-likeness (QED) is 0.368. The average Bonchev–Trinajstić information content (AvgIpc) is 1.78. The minimum absolute atomic E-state index is 0.129. The SMILES string of the molecule is O=S(O)C/C=C/CS(=O)(=O)O. The van der Waals surface area contributed by atoms with E-state index in [1.807, 2.05) is 0 Å². The summed E-state index contributed by atoms with van der Waals surface area (Å²) < 4.78 is 46.4. The maximum atomic E-state index is 10.0. The van der Waals surface area contributed by atoms with Crippen LogP contribution in [0.15, 0.2) is 12.2 Å². The van der Waals surface area contributed by atoms with E-state index in [-0.39, 0.29) is 5.75 Å². The van der Waals surface area contributed by atoms with Gasteiger partial charge in [-0.1, -0.05) is 12.2 Å². The van der Waals surface area contributed by atoms with E-state index in [1.165, 1.54) is 6.08 Å². The molecule has 0 saturated heterocycles. The minimum Gasteiger partial charge on any atom is -0.306 e. The molecular formula is C4H8O5S2.